The molecule has 0 amide bonds. The number of ether oxygens (including phenoxy) is 1. The van der Waals surface area contributed by atoms with Crippen molar-refractivity contribution in [2.75, 3.05) is 7.11 Å². The van der Waals surface area contributed by atoms with Gasteiger partial charge in [-0.2, -0.15) is 0 Å². The number of phenolic OH excluding ortho intramolecular Hbond substituents is 1. The van der Waals surface area contributed by atoms with Gasteiger partial charge in [0, 0.05) is 29.2 Å². The van der Waals surface area contributed by atoms with Gasteiger partial charge in [-0.25, -0.2) is 4.39 Å². The van der Waals surface area contributed by atoms with Crippen molar-refractivity contribution in [3.8, 4) is 11.5 Å². The van der Waals surface area contributed by atoms with Gasteiger partial charge in [0.1, 0.15) is 5.82 Å². The largest absolute Gasteiger partial charge is 0.504 e. The summed E-state index contributed by atoms with van der Waals surface area (Å²) in [5.74, 6) is 0.151. The molecule has 21 heavy (non-hydrogen) atoms. The molecular weight excluding hydrogens is 293 g/mol. The molecule has 2 N–H and O–H groups in total. The van der Waals surface area contributed by atoms with Crippen LogP contribution in [0.3, 0.4) is 0 Å². The average Bonchev–Trinajstić information content (AvgIpc) is 2.48. The molecule has 0 spiro atoms. The van der Waals surface area contributed by atoms with Crippen LogP contribution in [0.4, 0.5) is 4.39 Å². The summed E-state index contributed by atoms with van der Waals surface area (Å²) >= 11 is 5.99. The standard InChI is InChI=1S/C16H17ClFNO2/c1-10(11-3-5-14(18)6-4-11)19-9-12-7-13(17)8-15(21-2)16(12)20/h3-8,10,19-20H,9H2,1-2H3/t10-/m0/s1. The maximum absolute atomic E-state index is 12.9. The van der Waals surface area contributed by atoms with Gasteiger partial charge in [-0.05, 0) is 30.7 Å². The molecule has 2 rings (SSSR count). The Kier molecular flexibility index (Phi) is 5.04. The third kappa shape index (κ3) is 3.86. The minimum Gasteiger partial charge on any atom is -0.504 e. The van der Waals surface area contributed by atoms with Crippen LogP contribution in [-0.2, 0) is 6.54 Å². The Morgan fingerprint density at radius 3 is 2.57 bits per heavy atom. The number of nitrogens with one attached hydrogen (secondary N) is 1. The first kappa shape index (κ1) is 15.6. The molecule has 3 nitrogen and oxygen atoms in total. The van der Waals surface area contributed by atoms with Crippen molar-refractivity contribution in [3.05, 3.63) is 58.4 Å². The highest BCUT2D eigenvalue weighted by Gasteiger charge is 2.12. The van der Waals surface area contributed by atoms with Crippen molar-refractivity contribution in [3.63, 3.8) is 0 Å². The molecule has 0 aromatic heterocycles. The molecule has 0 radical (unpaired) electrons. The number of hydrogen-bond acceptors (Lipinski definition) is 3. The number of rotatable bonds is 5. The topological polar surface area (TPSA) is 41.5 Å². The Balaban J connectivity index is 2.09. The quantitative estimate of drug-likeness (QED) is 0.875. The number of hydrogen-bond donors (Lipinski definition) is 2. The summed E-state index contributed by atoms with van der Waals surface area (Å²) in [6.45, 7) is 2.38. The molecule has 0 bridgehead atoms. The highest BCUT2D eigenvalue weighted by atomic mass is 35.5. The van der Waals surface area contributed by atoms with Crippen molar-refractivity contribution >= 4 is 11.6 Å². The van der Waals surface area contributed by atoms with E-state index in [-0.39, 0.29) is 17.6 Å². The van der Waals surface area contributed by atoms with Gasteiger partial charge in [-0.3, -0.25) is 0 Å². The molecule has 112 valence electrons. The smallest absolute Gasteiger partial charge is 0.162 e. The Morgan fingerprint density at radius 1 is 1.29 bits per heavy atom. The SMILES string of the molecule is COc1cc(Cl)cc(CN[C@@H](C)c2ccc(F)cc2)c1O. The van der Waals surface area contributed by atoms with Crippen LogP contribution in [0, 0.1) is 5.82 Å². The molecule has 1 atom stereocenters. The fraction of sp³-hybridized carbons (Fsp3) is 0.250. The van der Waals surface area contributed by atoms with Crippen molar-refractivity contribution in [1.29, 1.82) is 0 Å². The Labute approximate surface area is 128 Å². The van der Waals surface area contributed by atoms with Gasteiger partial charge in [-0.15, -0.1) is 0 Å². The Morgan fingerprint density at radius 2 is 1.95 bits per heavy atom. The van der Waals surface area contributed by atoms with Crippen molar-refractivity contribution in [1.82, 2.24) is 5.32 Å². The minimum absolute atomic E-state index is 0.00924. The first-order valence-electron chi connectivity index (χ1n) is 6.55. The number of halogens is 2. The van der Waals surface area contributed by atoms with Crippen molar-refractivity contribution in [2.24, 2.45) is 0 Å². The van der Waals surface area contributed by atoms with Gasteiger partial charge in [0.25, 0.3) is 0 Å². The second-order valence-electron chi connectivity index (χ2n) is 4.77. The van der Waals surface area contributed by atoms with Crippen LogP contribution in [0.15, 0.2) is 36.4 Å². The van der Waals surface area contributed by atoms with Crippen LogP contribution >= 0.6 is 11.6 Å². The second kappa shape index (κ2) is 6.78. The van der Waals surface area contributed by atoms with Gasteiger partial charge >= 0.3 is 0 Å². The number of benzene rings is 2. The van der Waals surface area contributed by atoms with Gasteiger partial charge < -0.3 is 15.2 Å². The molecule has 0 saturated heterocycles. The summed E-state index contributed by atoms with van der Waals surface area (Å²) in [4.78, 5) is 0. The van der Waals surface area contributed by atoms with Crippen LogP contribution in [-0.4, -0.2) is 12.2 Å². The average molecular weight is 310 g/mol. The lowest BCUT2D eigenvalue weighted by Crippen LogP contribution is -2.18. The molecule has 0 saturated carbocycles. The molecule has 0 aliphatic rings. The van der Waals surface area contributed by atoms with Crippen LogP contribution in [0.5, 0.6) is 11.5 Å². The summed E-state index contributed by atoms with van der Waals surface area (Å²) in [7, 11) is 1.48. The zero-order valence-corrected chi connectivity index (χ0v) is 12.6. The van der Waals surface area contributed by atoms with E-state index >= 15 is 0 Å². The van der Waals surface area contributed by atoms with Crippen LogP contribution in [0.25, 0.3) is 0 Å². The summed E-state index contributed by atoms with van der Waals surface area (Å²) in [6.07, 6.45) is 0. The molecule has 2 aromatic carbocycles. The van der Waals surface area contributed by atoms with E-state index in [0.29, 0.717) is 22.9 Å². The van der Waals surface area contributed by atoms with Crippen LogP contribution < -0.4 is 10.1 Å². The lowest BCUT2D eigenvalue weighted by molar-refractivity contribution is 0.369. The summed E-state index contributed by atoms with van der Waals surface area (Å²) in [6, 6.07) is 9.56. The van der Waals surface area contributed by atoms with E-state index in [1.165, 1.54) is 19.2 Å². The van der Waals surface area contributed by atoms with E-state index in [4.69, 9.17) is 16.3 Å². The van der Waals surface area contributed by atoms with Crippen molar-refractivity contribution < 1.29 is 14.2 Å². The minimum atomic E-state index is -0.261. The molecule has 0 unspecified atom stereocenters. The van der Waals surface area contributed by atoms with Gasteiger partial charge in [0.2, 0.25) is 0 Å². The molecule has 5 heteroatoms. The van der Waals surface area contributed by atoms with E-state index in [1.807, 2.05) is 6.92 Å². The predicted molar refractivity (Wildman–Crippen MR) is 81.3 cm³/mol. The van der Waals surface area contributed by atoms with E-state index in [2.05, 4.69) is 5.32 Å². The first-order valence-corrected chi connectivity index (χ1v) is 6.93. The lowest BCUT2D eigenvalue weighted by Gasteiger charge is -2.16. The zero-order chi connectivity index (χ0) is 15.4. The fourth-order valence-electron chi connectivity index (χ4n) is 2.05. The van der Waals surface area contributed by atoms with E-state index in [0.717, 1.165) is 5.56 Å². The third-order valence-corrected chi connectivity index (χ3v) is 3.53. The van der Waals surface area contributed by atoms with E-state index in [9.17, 15) is 9.50 Å². The fourth-order valence-corrected chi connectivity index (χ4v) is 2.28. The molecule has 0 fully saturated rings. The Bertz CT molecular complexity index is 616. The molecule has 2 aromatic rings. The maximum atomic E-state index is 12.9. The number of methoxy groups -OCH3 is 1. The van der Waals surface area contributed by atoms with Crippen molar-refractivity contribution in [2.45, 2.75) is 19.5 Å². The van der Waals surface area contributed by atoms with Gasteiger partial charge in [0.15, 0.2) is 11.5 Å². The third-order valence-electron chi connectivity index (χ3n) is 3.31. The predicted octanol–water partition coefficient (Wildman–Crippen LogP) is 4.04. The maximum Gasteiger partial charge on any atom is 0.162 e. The molecule has 0 heterocycles. The first-order chi connectivity index (χ1) is 10.0. The highest BCUT2D eigenvalue weighted by Crippen LogP contribution is 2.33. The second-order valence-corrected chi connectivity index (χ2v) is 5.21. The monoisotopic (exact) mass is 309 g/mol. The van der Waals surface area contributed by atoms with Crippen LogP contribution in [0.2, 0.25) is 5.02 Å². The zero-order valence-electron chi connectivity index (χ0n) is 11.9. The number of aromatic hydroxyl groups is 1. The van der Waals surface area contributed by atoms with Gasteiger partial charge in [-0.1, -0.05) is 23.7 Å². The van der Waals surface area contributed by atoms with Crippen LogP contribution in [0.1, 0.15) is 24.1 Å². The summed E-state index contributed by atoms with van der Waals surface area (Å²) in [5.41, 5.74) is 1.61. The Hall–Kier alpha value is -1.78. The highest BCUT2D eigenvalue weighted by molar-refractivity contribution is 6.30. The molecule has 0 aliphatic heterocycles. The summed E-state index contributed by atoms with van der Waals surface area (Å²) < 4.78 is 18.0. The van der Waals surface area contributed by atoms with E-state index < -0.39 is 0 Å². The summed E-state index contributed by atoms with van der Waals surface area (Å²) in [5, 5.41) is 13.8. The molecular formula is C16H17ClFNO2. The number of phenols is 1. The van der Waals surface area contributed by atoms with E-state index in [1.54, 1.807) is 24.3 Å². The van der Waals surface area contributed by atoms with Gasteiger partial charge in [0.05, 0.1) is 7.11 Å². The normalized spacial score (nSPS) is 12.2. The molecule has 0 aliphatic carbocycles. The lowest BCUT2D eigenvalue weighted by atomic mass is 10.1.